The zero-order chi connectivity index (χ0) is 20.2. The fourth-order valence-electron chi connectivity index (χ4n) is 3.61. The molecule has 0 bridgehead atoms. The van der Waals surface area contributed by atoms with Gasteiger partial charge in [0, 0.05) is 30.5 Å². The highest BCUT2D eigenvalue weighted by molar-refractivity contribution is 5.74. The van der Waals surface area contributed by atoms with Gasteiger partial charge in [-0.05, 0) is 44.0 Å². The summed E-state index contributed by atoms with van der Waals surface area (Å²) >= 11 is 0. The van der Waals surface area contributed by atoms with Crippen LogP contribution >= 0.6 is 0 Å². The first-order valence-corrected chi connectivity index (χ1v) is 9.98. The van der Waals surface area contributed by atoms with Gasteiger partial charge < -0.3 is 20.3 Å². The SMILES string of the molecule is Cc1cc(Nc2c(C)cccc2C)nc(Nc2ccccc2N2CCOCC2)n1. The number of ether oxygens (including phenoxy) is 1. The zero-order valence-electron chi connectivity index (χ0n) is 17.2. The molecule has 2 heterocycles. The summed E-state index contributed by atoms with van der Waals surface area (Å²) in [4.78, 5) is 11.6. The van der Waals surface area contributed by atoms with Crippen LogP contribution in [0.1, 0.15) is 16.8 Å². The van der Waals surface area contributed by atoms with Crippen molar-refractivity contribution in [2.45, 2.75) is 20.8 Å². The largest absolute Gasteiger partial charge is 0.378 e. The third kappa shape index (κ3) is 4.49. The van der Waals surface area contributed by atoms with Crippen LogP contribution in [0.3, 0.4) is 0 Å². The summed E-state index contributed by atoms with van der Waals surface area (Å²) < 4.78 is 5.49. The molecule has 0 saturated carbocycles. The number of nitrogens with one attached hydrogen (secondary N) is 2. The van der Waals surface area contributed by atoms with Crippen LogP contribution in [0.4, 0.5) is 28.8 Å². The molecule has 6 nitrogen and oxygen atoms in total. The molecule has 29 heavy (non-hydrogen) atoms. The molecule has 0 atom stereocenters. The average molecular weight is 390 g/mol. The fourth-order valence-corrected chi connectivity index (χ4v) is 3.61. The van der Waals surface area contributed by atoms with Crippen LogP contribution in [0.2, 0.25) is 0 Å². The summed E-state index contributed by atoms with van der Waals surface area (Å²) in [5.41, 5.74) is 6.51. The Morgan fingerprint density at radius 2 is 1.59 bits per heavy atom. The van der Waals surface area contributed by atoms with Crippen LogP contribution in [0, 0.1) is 20.8 Å². The van der Waals surface area contributed by atoms with Gasteiger partial charge >= 0.3 is 0 Å². The van der Waals surface area contributed by atoms with E-state index in [0.717, 1.165) is 54.9 Å². The summed E-state index contributed by atoms with van der Waals surface area (Å²) in [7, 11) is 0. The highest BCUT2D eigenvalue weighted by Gasteiger charge is 2.15. The smallest absolute Gasteiger partial charge is 0.229 e. The normalized spacial score (nSPS) is 14.0. The Labute approximate surface area is 172 Å². The van der Waals surface area contributed by atoms with Crippen molar-refractivity contribution < 1.29 is 4.74 Å². The number of anilines is 5. The lowest BCUT2D eigenvalue weighted by atomic mass is 10.1. The third-order valence-corrected chi connectivity index (χ3v) is 5.09. The highest BCUT2D eigenvalue weighted by Crippen LogP contribution is 2.29. The molecule has 3 aromatic rings. The lowest BCUT2D eigenvalue weighted by molar-refractivity contribution is 0.123. The van der Waals surface area contributed by atoms with Crippen molar-refractivity contribution in [1.82, 2.24) is 9.97 Å². The third-order valence-electron chi connectivity index (χ3n) is 5.09. The maximum atomic E-state index is 5.49. The van der Waals surface area contributed by atoms with E-state index in [9.17, 15) is 0 Å². The molecule has 1 aliphatic rings. The topological polar surface area (TPSA) is 62.3 Å². The fraction of sp³-hybridized carbons (Fsp3) is 0.304. The van der Waals surface area contributed by atoms with Gasteiger partial charge in [-0.15, -0.1) is 0 Å². The van der Waals surface area contributed by atoms with Crippen LogP contribution in [-0.2, 0) is 4.74 Å². The molecule has 1 aliphatic heterocycles. The Hall–Kier alpha value is -3.12. The standard InChI is InChI=1S/C23H27N5O/c1-16-7-6-8-17(2)22(16)26-21-15-18(3)24-23(27-21)25-19-9-4-5-10-20(19)28-11-13-29-14-12-28/h4-10,15H,11-14H2,1-3H3,(H2,24,25,26,27). The van der Waals surface area contributed by atoms with Crippen molar-refractivity contribution in [2.75, 3.05) is 41.8 Å². The zero-order valence-corrected chi connectivity index (χ0v) is 17.2. The van der Waals surface area contributed by atoms with Gasteiger partial charge in [-0.2, -0.15) is 4.98 Å². The van der Waals surface area contributed by atoms with Crippen LogP contribution in [0.25, 0.3) is 0 Å². The molecule has 0 unspecified atom stereocenters. The molecule has 2 aromatic carbocycles. The maximum Gasteiger partial charge on any atom is 0.229 e. The number of benzene rings is 2. The van der Waals surface area contributed by atoms with Crippen molar-refractivity contribution in [2.24, 2.45) is 0 Å². The lowest BCUT2D eigenvalue weighted by Gasteiger charge is -2.30. The Kier molecular flexibility index (Phi) is 5.62. The maximum absolute atomic E-state index is 5.49. The average Bonchev–Trinajstić information content (AvgIpc) is 2.72. The van der Waals surface area contributed by atoms with Gasteiger partial charge in [-0.3, -0.25) is 0 Å². The molecule has 0 aliphatic carbocycles. The second-order valence-corrected chi connectivity index (χ2v) is 7.35. The van der Waals surface area contributed by atoms with E-state index in [-0.39, 0.29) is 0 Å². The minimum Gasteiger partial charge on any atom is -0.378 e. The van der Waals surface area contributed by atoms with E-state index in [2.05, 4.69) is 70.8 Å². The van der Waals surface area contributed by atoms with Crippen molar-refractivity contribution in [3.05, 3.63) is 65.4 Å². The molecule has 0 amide bonds. The summed E-state index contributed by atoms with van der Waals surface area (Å²) in [6, 6.07) is 16.5. The van der Waals surface area contributed by atoms with Crippen LogP contribution in [0.5, 0.6) is 0 Å². The molecule has 1 fully saturated rings. The number of para-hydroxylation sites is 3. The van der Waals surface area contributed by atoms with Gasteiger partial charge in [0.05, 0.1) is 24.6 Å². The first-order chi connectivity index (χ1) is 14.1. The molecule has 150 valence electrons. The number of morpholine rings is 1. The van der Waals surface area contributed by atoms with E-state index < -0.39 is 0 Å². The molecular weight excluding hydrogens is 362 g/mol. The van der Waals surface area contributed by atoms with Crippen molar-refractivity contribution in [3.8, 4) is 0 Å². The van der Waals surface area contributed by atoms with Crippen LogP contribution < -0.4 is 15.5 Å². The molecule has 1 saturated heterocycles. The minimum absolute atomic E-state index is 0.583. The summed E-state index contributed by atoms with van der Waals surface area (Å²) in [6.45, 7) is 9.44. The van der Waals surface area contributed by atoms with Gasteiger partial charge in [-0.25, -0.2) is 4.98 Å². The number of nitrogens with zero attached hydrogens (tertiary/aromatic N) is 3. The predicted octanol–water partition coefficient (Wildman–Crippen LogP) is 4.73. The van der Waals surface area contributed by atoms with Gasteiger partial charge in [-0.1, -0.05) is 30.3 Å². The van der Waals surface area contributed by atoms with Crippen LogP contribution in [0.15, 0.2) is 48.5 Å². The van der Waals surface area contributed by atoms with Crippen molar-refractivity contribution >= 4 is 28.8 Å². The highest BCUT2D eigenvalue weighted by atomic mass is 16.5. The van der Waals surface area contributed by atoms with E-state index in [4.69, 9.17) is 9.72 Å². The Balaban J connectivity index is 1.61. The van der Waals surface area contributed by atoms with E-state index in [0.29, 0.717) is 5.95 Å². The number of rotatable bonds is 5. The molecule has 6 heteroatoms. The quantitative estimate of drug-likeness (QED) is 0.658. The molecule has 1 aromatic heterocycles. The second kappa shape index (κ2) is 8.49. The number of hydrogen-bond acceptors (Lipinski definition) is 6. The summed E-state index contributed by atoms with van der Waals surface area (Å²) in [5, 5.41) is 6.89. The first kappa shape index (κ1) is 19.2. The lowest BCUT2D eigenvalue weighted by Crippen LogP contribution is -2.36. The van der Waals surface area contributed by atoms with Gasteiger partial charge in [0.15, 0.2) is 0 Å². The molecular formula is C23H27N5O. The Morgan fingerprint density at radius 3 is 2.34 bits per heavy atom. The molecule has 2 N–H and O–H groups in total. The number of hydrogen-bond donors (Lipinski definition) is 2. The molecule has 0 spiro atoms. The van der Waals surface area contributed by atoms with E-state index >= 15 is 0 Å². The summed E-state index contributed by atoms with van der Waals surface area (Å²) in [5.74, 6) is 1.36. The van der Waals surface area contributed by atoms with Gasteiger partial charge in [0.1, 0.15) is 5.82 Å². The monoisotopic (exact) mass is 389 g/mol. The van der Waals surface area contributed by atoms with Crippen molar-refractivity contribution in [1.29, 1.82) is 0 Å². The Morgan fingerprint density at radius 1 is 0.862 bits per heavy atom. The van der Waals surface area contributed by atoms with E-state index in [1.807, 2.05) is 19.1 Å². The predicted molar refractivity (Wildman–Crippen MR) is 119 cm³/mol. The number of aromatic nitrogens is 2. The second-order valence-electron chi connectivity index (χ2n) is 7.35. The number of aryl methyl sites for hydroxylation is 3. The van der Waals surface area contributed by atoms with Gasteiger partial charge in [0.25, 0.3) is 0 Å². The molecule has 0 radical (unpaired) electrons. The van der Waals surface area contributed by atoms with Crippen molar-refractivity contribution in [3.63, 3.8) is 0 Å². The molecule has 4 rings (SSSR count). The van der Waals surface area contributed by atoms with E-state index in [1.54, 1.807) is 0 Å². The minimum atomic E-state index is 0.583. The first-order valence-electron chi connectivity index (χ1n) is 9.98. The van der Waals surface area contributed by atoms with Gasteiger partial charge in [0.2, 0.25) is 5.95 Å². The summed E-state index contributed by atoms with van der Waals surface area (Å²) in [6.07, 6.45) is 0. The van der Waals surface area contributed by atoms with E-state index in [1.165, 1.54) is 11.1 Å². The van der Waals surface area contributed by atoms with Crippen LogP contribution in [-0.4, -0.2) is 36.3 Å². The Bertz CT molecular complexity index is 978.